The van der Waals surface area contributed by atoms with E-state index in [4.69, 9.17) is 0 Å². The minimum absolute atomic E-state index is 0.206. The summed E-state index contributed by atoms with van der Waals surface area (Å²) in [5.74, 6) is -0.910. The van der Waals surface area contributed by atoms with E-state index in [2.05, 4.69) is 10.3 Å². The highest BCUT2D eigenvalue weighted by Crippen LogP contribution is 2.29. The van der Waals surface area contributed by atoms with Crippen molar-refractivity contribution in [1.82, 2.24) is 9.88 Å². The topological polar surface area (TPSA) is 79.4 Å². The van der Waals surface area contributed by atoms with Gasteiger partial charge in [0.05, 0.1) is 5.69 Å². The van der Waals surface area contributed by atoms with E-state index < -0.39 is 0 Å². The number of aromatic nitrogens is 1. The molecular formula is C13H15N3O3S. The molecule has 2 aliphatic rings. The first-order valence-corrected chi connectivity index (χ1v) is 7.57. The van der Waals surface area contributed by atoms with E-state index in [1.807, 2.05) is 0 Å². The summed E-state index contributed by atoms with van der Waals surface area (Å²) in [5.41, 5.74) is 1.07. The van der Waals surface area contributed by atoms with Crippen molar-refractivity contribution in [3.8, 4) is 0 Å². The summed E-state index contributed by atoms with van der Waals surface area (Å²) in [6, 6.07) is 0. The summed E-state index contributed by atoms with van der Waals surface area (Å²) in [4.78, 5) is 41.4. The monoisotopic (exact) mass is 293 g/mol. The molecule has 1 aromatic heterocycles. The number of thiazole rings is 1. The van der Waals surface area contributed by atoms with Crippen LogP contribution in [0.3, 0.4) is 0 Å². The fraction of sp³-hybridized carbons (Fsp3) is 0.538. The smallest absolute Gasteiger partial charge is 0.246 e. The zero-order valence-electron chi connectivity index (χ0n) is 11.0. The average molecular weight is 293 g/mol. The zero-order valence-corrected chi connectivity index (χ0v) is 11.8. The maximum absolute atomic E-state index is 11.9. The van der Waals surface area contributed by atoms with Gasteiger partial charge >= 0.3 is 0 Å². The molecular weight excluding hydrogens is 278 g/mol. The Bertz CT molecular complexity index is 542. The molecule has 6 nitrogen and oxygen atoms in total. The van der Waals surface area contributed by atoms with Crippen LogP contribution < -0.4 is 5.32 Å². The Morgan fingerprint density at radius 1 is 1.15 bits per heavy atom. The number of rotatable bonds is 3. The number of nitrogens with zero attached hydrogens (tertiary/aromatic N) is 2. The highest BCUT2D eigenvalue weighted by Gasteiger charge is 2.30. The minimum atomic E-state index is -0.361. The highest BCUT2D eigenvalue weighted by atomic mass is 32.1. The van der Waals surface area contributed by atoms with Gasteiger partial charge in [-0.3, -0.25) is 19.3 Å². The van der Waals surface area contributed by atoms with Crippen LogP contribution >= 0.6 is 11.3 Å². The van der Waals surface area contributed by atoms with Crippen LogP contribution in [0.5, 0.6) is 0 Å². The SMILES string of the molecule is O=C(CN1C(=O)CCC1=O)Nc1nc2c(s1)CCCC2. The van der Waals surface area contributed by atoms with Crippen LogP contribution in [0.25, 0.3) is 0 Å². The van der Waals surface area contributed by atoms with Crippen LogP contribution in [0, 0.1) is 0 Å². The molecule has 7 heteroatoms. The largest absolute Gasteiger partial charge is 0.300 e. The van der Waals surface area contributed by atoms with Gasteiger partial charge < -0.3 is 5.32 Å². The molecule has 106 valence electrons. The van der Waals surface area contributed by atoms with Crippen LogP contribution in [-0.4, -0.2) is 34.2 Å². The summed E-state index contributed by atoms with van der Waals surface area (Å²) in [7, 11) is 0. The maximum Gasteiger partial charge on any atom is 0.246 e. The lowest BCUT2D eigenvalue weighted by molar-refractivity contribution is -0.141. The van der Waals surface area contributed by atoms with Gasteiger partial charge in [0.25, 0.3) is 0 Å². The summed E-state index contributed by atoms with van der Waals surface area (Å²) in [5, 5.41) is 3.26. The second kappa shape index (κ2) is 5.32. The quantitative estimate of drug-likeness (QED) is 0.847. The van der Waals surface area contributed by atoms with Gasteiger partial charge in [-0.15, -0.1) is 11.3 Å². The summed E-state index contributed by atoms with van der Waals surface area (Å²) in [6.45, 7) is -0.206. The Morgan fingerprint density at radius 2 is 1.85 bits per heavy atom. The molecule has 20 heavy (non-hydrogen) atoms. The molecule has 2 heterocycles. The Balaban J connectivity index is 1.62. The summed E-state index contributed by atoms with van der Waals surface area (Å²) >= 11 is 1.49. The van der Waals surface area contributed by atoms with Gasteiger partial charge in [-0.05, 0) is 25.7 Å². The van der Waals surface area contributed by atoms with Crippen LogP contribution in [0.15, 0.2) is 0 Å². The fourth-order valence-corrected chi connectivity index (χ4v) is 3.57. The van der Waals surface area contributed by atoms with Gasteiger partial charge in [-0.2, -0.15) is 0 Å². The van der Waals surface area contributed by atoms with Crippen LogP contribution in [0.1, 0.15) is 36.3 Å². The van der Waals surface area contributed by atoms with E-state index in [1.165, 1.54) is 22.6 Å². The van der Waals surface area contributed by atoms with Crippen molar-refractivity contribution in [2.75, 3.05) is 11.9 Å². The Morgan fingerprint density at radius 3 is 2.55 bits per heavy atom. The van der Waals surface area contributed by atoms with Crippen molar-refractivity contribution < 1.29 is 14.4 Å². The molecule has 1 aliphatic heterocycles. The van der Waals surface area contributed by atoms with Crippen LogP contribution in [0.2, 0.25) is 0 Å². The van der Waals surface area contributed by atoms with Gasteiger partial charge in [-0.25, -0.2) is 4.98 Å². The van der Waals surface area contributed by atoms with Crippen molar-refractivity contribution in [3.05, 3.63) is 10.6 Å². The molecule has 1 saturated heterocycles. The third-order valence-electron chi connectivity index (χ3n) is 3.55. The highest BCUT2D eigenvalue weighted by molar-refractivity contribution is 7.15. The normalized spacial score (nSPS) is 18.3. The van der Waals surface area contributed by atoms with E-state index in [-0.39, 0.29) is 37.1 Å². The van der Waals surface area contributed by atoms with Crippen molar-refractivity contribution >= 4 is 34.2 Å². The first kappa shape index (κ1) is 13.2. The number of anilines is 1. The van der Waals surface area contributed by atoms with Crippen LogP contribution in [-0.2, 0) is 27.2 Å². The van der Waals surface area contributed by atoms with E-state index in [9.17, 15) is 14.4 Å². The van der Waals surface area contributed by atoms with Crippen molar-refractivity contribution in [2.24, 2.45) is 0 Å². The molecule has 0 saturated carbocycles. The second-order valence-electron chi connectivity index (χ2n) is 5.02. The van der Waals surface area contributed by atoms with Crippen molar-refractivity contribution in [3.63, 3.8) is 0 Å². The Hall–Kier alpha value is -1.76. The fourth-order valence-electron chi connectivity index (χ4n) is 2.51. The summed E-state index contributed by atoms with van der Waals surface area (Å²) in [6.07, 6.45) is 4.70. The number of carbonyl (C=O) groups is 3. The molecule has 3 amide bonds. The molecule has 0 radical (unpaired) electrons. The predicted octanol–water partition coefficient (Wildman–Crippen LogP) is 1.11. The maximum atomic E-state index is 11.9. The van der Waals surface area contributed by atoms with Crippen molar-refractivity contribution in [1.29, 1.82) is 0 Å². The molecule has 0 spiro atoms. The summed E-state index contributed by atoms with van der Waals surface area (Å²) < 4.78 is 0. The predicted molar refractivity (Wildman–Crippen MR) is 73.3 cm³/mol. The number of aryl methyl sites for hydroxylation is 2. The number of carbonyl (C=O) groups excluding carboxylic acids is 3. The van der Waals surface area contributed by atoms with Gasteiger partial charge in [-0.1, -0.05) is 0 Å². The van der Waals surface area contributed by atoms with Crippen molar-refractivity contribution in [2.45, 2.75) is 38.5 Å². The number of likely N-dealkylation sites (tertiary alicyclic amines) is 1. The number of imide groups is 1. The molecule has 3 rings (SSSR count). The first-order valence-electron chi connectivity index (χ1n) is 6.75. The first-order chi connectivity index (χ1) is 9.63. The van der Waals surface area contributed by atoms with Gasteiger partial charge in [0, 0.05) is 17.7 Å². The zero-order chi connectivity index (χ0) is 14.1. The lowest BCUT2D eigenvalue weighted by atomic mass is 10.0. The number of fused-ring (bicyclic) bond motifs is 1. The van der Waals surface area contributed by atoms with Gasteiger partial charge in [0.1, 0.15) is 6.54 Å². The Labute approximate surface area is 120 Å². The number of amides is 3. The standard InChI is InChI=1S/C13H15N3O3S/c17-10(7-16-11(18)5-6-12(16)19)15-13-14-8-3-1-2-4-9(8)20-13/h1-7H2,(H,14,15,17). The number of hydrogen-bond acceptors (Lipinski definition) is 5. The van der Waals surface area contributed by atoms with Gasteiger partial charge in [0.2, 0.25) is 17.7 Å². The molecule has 1 N–H and O–H groups in total. The van der Waals surface area contributed by atoms with E-state index in [1.54, 1.807) is 0 Å². The molecule has 0 bridgehead atoms. The molecule has 1 aliphatic carbocycles. The average Bonchev–Trinajstić information content (AvgIpc) is 2.96. The lowest BCUT2D eigenvalue weighted by Crippen LogP contribution is -2.36. The van der Waals surface area contributed by atoms with Crippen LogP contribution in [0.4, 0.5) is 5.13 Å². The molecule has 1 aromatic rings. The van der Waals surface area contributed by atoms with Gasteiger partial charge in [0.15, 0.2) is 5.13 Å². The van der Waals surface area contributed by atoms with E-state index in [0.717, 1.165) is 29.9 Å². The molecule has 1 fully saturated rings. The molecule has 0 atom stereocenters. The Kier molecular flexibility index (Phi) is 3.52. The lowest BCUT2D eigenvalue weighted by Gasteiger charge is -2.12. The number of hydrogen-bond donors (Lipinski definition) is 1. The second-order valence-corrected chi connectivity index (χ2v) is 6.10. The third kappa shape index (κ3) is 2.58. The van der Waals surface area contributed by atoms with E-state index >= 15 is 0 Å². The number of nitrogens with one attached hydrogen (secondary N) is 1. The third-order valence-corrected chi connectivity index (χ3v) is 4.62. The molecule has 0 aromatic carbocycles. The minimum Gasteiger partial charge on any atom is -0.300 e. The molecule has 0 unspecified atom stereocenters. The van der Waals surface area contributed by atoms with E-state index in [0.29, 0.717) is 5.13 Å².